The molecular formula is C21H18FN3O2S. The highest BCUT2D eigenvalue weighted by Gasteiger charge is 2.19. The van der Waals surface area contributed by atoms with Gasteiger partial charge in [0.25, 0.3) is 5.56 Å². The molecule has 0 spiro atoms. The number of hydrogen-bond acceptors (Lipinski definition) is 5. The number of halogens is 1. The van der Waals surface area contributed by atoms with Gasteiger partial charge in [-0.15, -0.1) is 11.3 Å². The Labute approximate surface area is 164 Å². The van der Waals surface area contributed by atoms with Crippen molar-refractivity contribution in [1.29, 1.82) is 0 Å². The molecule has 28 heavy (non-hydrogen) atoms. The number of nitrogens with zero attached hydrogens (tertiary/aromatic N) is 3. The quantitative estimate of drug-likeness (QED) is 0.477. The Morgan fingerprint density at radius 1 is 1.11 bits per heavy atom. The van der Waals surface area contributed by atoms with Gasteiger partial charge in [0.05, 0.1) is 17.9 Å². The summed E-state index contributed by atoms with van der Waals surface area (Å²) < 4.78 is 20.4. The molecule has 5 nitrogen and oxygen atoms in total. The van der Waals surface area contributed by atoms with Gasteiger partial charge in [0.2, 0.25) is 5.89 Å². The summed E-state index contributed by atoms with van der Waals surface area (Å²) in [5.41, 5.74) is 1.89. The number of oxazole rings is 1. The summed E-state index contributed by atoms with van der Waals surface area (Å²) >= 11 is 1.65. The summed E-state index contributed by atoms with van der Waals surface area (Å²) in [6, 6.07) is 6.03. The molecule has 7 heteroatoms. The second-order valence-electron chi connectivity index (χ2n) is 7.05. The lowest BCUT2D eigenvalue weighted by Gasteiger charge is -2.04. The molecule has 1 aliphatic rings. The molecule has 0 amide bonds. The molecule has 0 radical (unpaired) electrons. The van der Waals surface area contributed by atoms with E-state index in [1.54, 1.807) is 40.6 Å². The molecule has 0 N–H and O–H groups in total. The molecule has 0 aliphatic heterocycles. The van der Waals surface area contributed by atoms with E-state index in [1.165, 1.54) is 35.4 Å². The minimum absolute atomic E-state index is 0.0362. The third-order valence-electron chi connectivity index (χ3n) is 5.18. The molecule has 3 heterocycles. The fourth-order valence-corrected chi connectivity index (χ4v) is 4.97. The van der Waals surface area contributed by atoms with Crippen molar-refractivity contribution < 1.29 is 8.81 Å². The highest BCUT2D eigenvalue weighted by atomic mass is 32.1. The molecule has 1 aromatic carbocycles. The Balaban J connectivity index is 1.49. The van der Waals surface area contributed by atoms with Crippen molar-refractivity contribution >= 4 is 21.6 Å². The van der Waals surface area contributed by atoms with E-state index in [0.717, 1.165) is 35.0 Å². The number of aromatic nitrogens is 3. The van der Waals surface area contributed by atoms with Crippen LogP contribution in [0.1, 0.15) is 35.6 Å². The molecule has 0 saturated heterocycles. The first kappa shape index (κ1) is 17.3. The van der Waals surface area contributed by atoms with Crippen LogP contribution in [0.25, 0.3) is 21.5 Å². The molecule has 0 bridgehead atoms. The van der Waals surface area contributed by atoms with E-state index in [2.05, 4.69) is 9.97 Å². The highest BCUT2D eigenvalue weighted by molar-refractivity contribution is 7.18. The average molecular weight is 395 g/mol. The van der Waals surface area contributed by atoms with Crippen LogP contribution in [0.5, 0.6) is 0 Å². The van der Waals surface area contributed by atoms with Crippen LogP contribution in [0.15, 0.2) is 46.0 Å². The Kier molecular flexibility index (Phi) is 4.31. The summed E-state index contributed by atoms with van der Waals surface area (Å²) in [6.45, 7) is 0.216. The number of aryl methyl sites for hydroxylation is 2. The second kappa shape index (κ2) is 6.98. The zero-order valence-electron chi connectivity index (χ0n) is 15.2. The summed E-state index contributed by atoms with van der Waals surface area (Å²) in [6.07, 6.45) is 8.66. The van der Waals surface area contributed by atoms with Gasteiger partial charge in [-0.2, -0.15) is 0 Å². The van der Waals surface area contributed by atoms with Crippen molar-refractivity contribution in [2.45, 2.75) is 38.6 Å². The van der Waals surface area contributed by atoms with Gasteiger partial charge in [-0.1, -0.05) is 6.42 Å². The molecular weight excluding hydrogens is 377 g/mol. The molecule has 5 rings (SSSR count). The van der Waals surface area contributed by atoms with Crippen LogP contribution < -0.4 is 5.56 Å². The van der Waals surface area contributed by atoms with E-state index in [1.807, 2.05) is 0 Å². The topological polar surface area (TPSA) is 60.9 Å². The molecule has 0 atom stereocenters. The zero-order valence-corrected chi connectivity index (χ0v) is 16.0. The Morgan fingerprint density at radius 2 is 1.93 bits per heavy atom. The monoisotopic (exact) mass is 395 g/mol. The first-order valence-corrected chi connectivity index (χ1v) is 10.2. The van der Waals surface area contributed by atoms with Crippen LogP contribution in [-0.2, 0) is 19.4 Å². The molecule has 3 aromatic heterocycles. The average Bonchev–Trinajstić information content (AvgIpc) is 3.23. The van der Waals surface area contributed by atoms with Crippen molar-refractivity contribution in [3.63, 3.8) is 0 Å². The van der Waals surface area contributed by atoms with E-state index >= 15 is 0 Å². The normalized spacial score (nSPS) is 14.2. The highest BCUT2D eigenvalue weighted by Crippen LogP contribution is 2.32. The minimum atomic E-state index is -0.302. The summed E-state index contributed by atoms with van der Waals surface area (Å²) in [7, 11) is 0. The molecule has 1 aliphatic carbocycles. The van der Waals surface area contributed by atoms with Crippen molar-refractivity contribution in [2.75, 3.05) is 0 Å². The van der Waals surface area contributed by atoms with Crippen molar-refractivity contribution in [1.82, 2.24) is 14.5 Å². The van der Waals surface area contributed by atoms with E-state index in [0.29, 0.717) is 11.7 Å². The molecule has 0 fully saturated rings. The molecule has 0 unspecified atom stereocenters. The van der Waals surface area contributed by atoms with Gasteiger partial charge >= 0.3 is 0 Å². The lowest BCUT2D eigenvalue weighted by molar-refractivity contribution is 0.484. The lowest BCUT2D eigenvalue weighted by atomic mass is 10.1. The SMILES string of the molecule is O=c1c2c3c(sc2ncn1Cc1ncc(-c2ccc(F)cc2)o1)CCCCC3. The Hall–Kier alpha value is -2.80. The van der Waals surface area contributed by atoms with Gasteiger partial charge in [0.15, 0.2) is 5.76 Å². The van der Waals surface area contributed by atoms with Crippen molar-refractivity contribution in [3.8, 4) is 11.3 Å². The molecule has 142 valence electrons. The van der Waals surface area contributed by atoms with Crippen molar-refractivity contribution in [3.05, 3.63) is 69.3 Å². The summed E-state index contributed by atoms with van der Waals surface area (Å²) in [5.74, 6) is 0.662. The van der Waals surface area contributed by atoms with E-state index < -0.39 is 0 Å². The van der Waals surface area contributed by atoms with Gasteiger partial charge < -0.3 is 4.42 Å². The summed E-state index contributed by atoms with van der Waals surface area (Å²) in [4.78, 5) is 24.0. The van der Waals surface area contributed by atoms with Gasteiger partial charge in [-0.25, -0.2) is 14.4 Å². The minimum Gasteiger partial charge on any atom is -0.439 e. The Morgan fingerprint density at radius 3 is 2.79 bits per heavy atom. The fraction of sp³-hybridized carbons (Fsp3) is 0.286. The number of fused-ring (bicyclic) bond motifs is 3. The van der Waals surface area contributed by atoms with E-state index in [4.69, 9.17) is 4.42 Å². The van der Waals surface area contributed by atoms with E-state index in [9.17, 15) is 9.18 Å². The number of rotatable bonds is 3. The largest absolute Gasteiger partial charge is 0.439 e. The van der Waals surface area contributed by atoms with E-state index in [-0.39, 0.29) is 17.9 Å². The van der Waals surface area contributed by atoms with Crippen LogP contribution in [0.2, 0.25) is 0 Å². The number of benzene rings is 1. The third kappa shape index (κ3) is 3.05. The fourth-order valence-electron chi connectivity index (χ4n) is 3.75. The summed E-state index contributed by atoms with van der Waals surface area (Å²) in [5, 5.41) is 0.759. The number of thiophene rings is 1. The maximum Gasteiger partial charge on any atom is 0.262 e. The van der Waals surface area contributed by atoms with Crippen LogP contribution in [0.3, 0.4) is 0 Å². The standard InChI is InChI=1S/C21H18FN3O2S/c22-14-8-6-13(7-9-14)16-10-23-18(27-16)11-25-12-24-20-19(21(25)26)15-4-2-1-3-5-17(15)28-20/h6-10,12H,1-5,11H2. The first-order chi connectivity index (χ1) is 13.7. The van der Waals surface area contributed by atoms with Gasteiger partial charge in [0.1, 0.15) is 17.2 Å². The predicted molar refractivity (Wildman–Crippen MR) is 106 cm³/mol. The van der Waals surface area contributed by atoms with Crippen molar-refractivity contribution in [2.24, 2.45) is 0 Å². The predicted octanol–water partition coefficient (Wildman–Crippen LogP) is 4.57. The third-order valence-corrected chi connectivity index (χ3v) is 6.38. The zero-order chi connectivity index (χ0) is 19.1. The van der Waals surface area contributed by atoms with Gasteiger partial charge in [-0.3, -0.25) is 9.36 Å². The lowest BCUT2D eigenvalue weighted by Crippen LogP contribution is -2.21. The molecule has 0 saturated carbocycles. The maximum absolute atomic E-state index is 13.1. The van der Waals surface area contributed by atoms with Crippen LogP contribution in [0, 0.1) is 5.82 Å². The van der Waals surface area contributed by atoms with Gasteiger partial charge in [-0.05, 0) is 55.5 Å². The Bertz CT molecular complexity index is 1210. The smallest absolute Gasteiger partial charge is 0.262 e. The molecule has 4 aromatic rings. The first-order valence-electron chi connectivity index (χ1n) is 9.39. The van der Waals surface area contributed by atoms with Crippen LogP contribution >= 0.6 is 11.3 Å². The van der Waals surface area contributed by atoms with Gasteiger partial charge in [0, 0.05) is 10.4 Å². The van der Waals surface area contributed by atoms with Crippen LogP contribution in [-0.4, -0.2) is 14.5 Å². The second-order valence-corrected chi connectivity index (χ2v) is 8.13. The van der Waals surface area contributed by atoms with Crippen LogP contribution in [0.4, 0.5) is 4.39 Å². The maximum atomic E-state index is 13.1. The number of hydrogen-bond donors (Lipinski definition) is 0.